The maximum Gasteiger partial charge on any atom is 0.127 e. The zero-order valence-corrected chi connectivity index (χ0v) is 9.91. The molecule has 1 aliphatic heterocycles. The molecule has 2 nitrogen and oxygen atoms in total. The van der Waals surface area contributed by atoms with Crippen LogP contribution in [0.2, 0.25) is 0 Å². The van der Waals surface area contributed by atoms with Crippen LogP contribution in [0.5, 0.6) is 0 Å². The molecule has 0 amide bonds. The lowest BCUT2D eigenvalue weighted by molar-refractivity contribution is 0.137. The summed E-state index contributed by atoms with van der Waals surface area (Å²) in [5.41, 5.74) is 0.795. The molecule has 0 unspecified atom stereocenters. The molecule has 1 fully saturated rings. The van der Waals surface area contributed by atoms with E-state index in [4.69, 9.17) is 0 Å². The largest absolute Gasteiger partial charge is 0.311 e. The summed E-state index contributed by atoms with van der Waals surface area (Å²) in [4.78, 5) is 2.33. The SMILES string of the molecule is C[C@@H]1CN[C@@H](C)CN1Cc1ccccc1F. The van der Waals surface area contributed by atoms with Crippen LogP contribution in [0, 0.1) is 5.82 Å². The third-order valence-corrected chi connectivity index (χ3v) is 3.22. The van der Waals surface area contributed by atoms with Crippen LogP contribution < -0.4 is 5.32 Å². The van der Waals surface area contributed by atoms with E-state index in [0.29, 0.717) is 18.6 Å². The fourth-order valence-electron chi connectivity index (χ4n) is 2.16. The first-order chi connectivity index (χ1) is 7.66. The van der Waals surface area contributed by atoms with Crippen molar-refractivity contribution in [1.82, 2.24) is 10.2 Å². The number of nitrogens with one attached hydrogen (secondary N) is 1. The van der Waals surface area contributed by atoms with Crippen molar-refractivity contribution in [2.45, 2.75) is 32.5 Å². The number of hydrogen-bond donors (Lipinski definition) is 1. The fourth-order valence-corrected chi connectivity index (χ4v) is 2.16. The van der Waals surface area contributed by atoms with Crippen LogP contribution in [0.3, 0.4) is 0 Å². The standard InChI is InChI=1S/C13H19FN2/c1-10-8-16(11(2)7-15-10)9-12-5-3-4-6-13(12)14/h3-6,10-11,15H,7-9H2,1-2H3/t10-,11+/m0/s1. The van der Waals surface area contributed by atoms with Crippen LogP contribution >= 0.6 is 0 Å². The highest BCUT2D eigenvalue weighted by molar-refractivity contribution is 5.17. The molecule has 1 saturated heterocycles. The van der Waals surface area contributed by atoms with E-state index in [9.17, 15) is 4.39 Å². The number of benzene rings is 1. The van der Waals surface area contributed by atoms with Gasteiger partial charge in [-0.05, 0) is 19.9 Å². The Balaban J connectivity index is 2.06. The third-order valence-electron chi connectivity index (χ3n) is 3.22. The summed E-state index contributed by atoms with van der Waals surface area (Å²) < 4.78 is 13.5. The quantitative estimate of drug-likeness (QED) is 0.823. The molecule has 2 atom stereocenters. The summed E-state index contributed by atoms with van der Waals surface area (Å²) >= 11 is 0. The number of hydrogen-bond acceptors (Lipinski definition) is 2. The lowest BCUT2D eigenvalue weighted by Gasteiger charge is -2.37. The van der Waals surface area contributed by atoms with Gasteiger partial charge in [0.15, 0.2) is 0 Å². The highest BCUT2D eigenvalue weighted by Crippen LogP contribution is 2.14. The van der Waals surface area contributed by atoms with Crippen LogP contribution in [-0.4, -0.2) is 30.1 Å². The van der Waals surface area contributed by atoms with Gasteiger partial charge in [0.2, 0.25) is 0 Å². The predicted octanol–water partition coefficient (Wildman–Crippen LogP) is 2.01. The minimum absolute atomic E-state index is 0.0964. The van der Waals surface area contributed by atoms with E-state index in [2.05, 4.69) is 24.1 Å². The van der Waals surface area contributed by atoms with E-state index in [1.807, 2.05) is 12.1 Å². The molecule has 16 heavy (non-hydrogen) atoms. The summed E-state index contributed by atoms with van der Waals surface area (Å²) in [5, 5.41) is 3.43. The smallest absolute Gasteiger partial charge is 0.127 e. The molecule has 0 bridgehead atoms. The Morgan fingerprint density at radius 2 is 2.12 bits per heavy atom. The van der Waals surface area contributed by atoms with Gasteiger partial charge in [0, 0.05) is 37.3 Å². The zero-order chi connectivity index (χ0) is 11.5. The average molecular weight is 222 g/mol. The van der Waals surface area contributed by atoms with Crippen molar-refractivity contribution in [3.8, 4) is 0 Å². The molecule has 2 rings (SSSR count). The van der Waals surface area contributed by atoms with E-state index < -0.39 is 0 Å². The Labute approximate surface area is 96.5 Å². The van der Waals surface area contributed by atoms with Crippen molar-refractivity contribution in [2.75, 3.05) is 13.1 Å². The molecule has 0 aromatic heterocycles. The normalized spacial score (nSPS) is 26.9. The zero-order valence-electron chi connectivity index (χ0n) is 9.91. The Hall–Kier alpha value is -0.930. The summed E-state index contributed by atoms with van der Waals surface area (Å²) in [6.45, 7) is 7.02. The molecule has 3 heteroatoms. The fraction of sp³-hybridized carbons (Fsp3) is 0.538. The second-order valence-electron chi connectivity index (χ2n) is 4.68. The number of piperazine rings is 1. The molecule has 0 aliphatic carbocycles. The number of nitrogens with zero attached hydrogens (tertiary/aromatic N) is 1. The predicted molar refractivity (Wildman–Crippen MR) is 63.7 cm³/mol. The van der Waals surface area contributed by atoms with E-state index in [1.165, 1.54) is 6.07 Å². The molecule has 0 radical (unpaired) electrons. The molecule has 88 valence electrons. The third kappa shape index (κ3) is 2.60. The van der Waals surface area contributed by atoms with Gasteiger partial charge in [-0.2, -0.15) is 0 Å². The maximum absolute atomic E-state index is 13.5. The summed E-state index contributed by atoms with van der Waals surface area (Å²) in [6, 6.07) is 8.00. The van der Waals surface area contributed by atoms with Gasteiger partial charge in [-0.1, -0.05) is 18.2 Å². The molecule has 0 spiro atoms. The topological polar surface area (TPSA) is 15.3 Å². The number of rotatable bonds is 2. The van der Waals surface area contributed by atoms with Gasteiger partial charge >= 0.3 is 0 Å². The summed E-state index contributed by atoms with van der Waals surface area (Å²) in [6.07, 6.45) is 0. The molecule has 1 aromatic rings. The van der Waals surface area contributed by atoms with Crippen LogP contribution in [0.15, 0.2) is 24.3 Å². The lowest BCUT2D eigenvalue weighted by atomic mass is 10.1. The molecule has 1 heterocycles. The lowest BCUT2D eigenvalue weighted by Crippen LogP contribution is -2.53. The highest BCUT2D eigenvalue weighted by atomic mass is 19.1. The molecular weight excluding hydrogens is 203 g/mol. The van der Waals surface area contributed by atoms with Crippen molar-refractivity contribution < 1.29 is 4.39 Å². The van der Waals surface area contributed by atoms with Crippen LogP contribution in [0.4, 0.5) is 4.39 Å². The monoisotopic (exact) mass is 222 g/mol. The maximum atomic E-state index is 13.5. The Kier molecular flexibility index (Phi) is 3.56. The Bertz CT molecular complexity index is 354. The van der Waals surface area contributed by atoms with Gasteiger partial charge in [-0.3, -0.25) is 4.90 Å². The minimum Gasteiger partial charge on any atom is -0.311 e. The summed E-state index contributed by atoms with van der Waals surface area (Å²) in [7, 11) is 0. The van der Waals surface area contributed by atoms with Crippen molar-refractivity contribution in [3.63, 3.8) is 0 Å². The van der Waals surface area contributed by atoms with E-state index >= 15 is 0 Å². The van der Waals surface area contributed by atoms with Gasteiger partial charge in [-0.25, -0.2) is 4.39 Å². The second-order valence-corrected chi connectivity index (χ2v) is 4.68. The molecular formula is C13H19FN2. The minimum atomic E-state index is -0.0964. The van der Waals surface area contributed by atoms with Gasteiger partial charge in [0.05, 0.1) is 0 Å². The van der Waals surface area contributed by atoms with Gasteiger partial charge in [0.1, 0.15) is 5.82 Å². The van der Waals surface area contributed by atoms with Crippen LogP contribution in [0.25, 0.3) is 0 Å². The number of halogens is 1. The molecule has 0 saturated carbocycles. The molecule has 1 aliphatic rings. The van der Waals surface area contributed by atoms with E-state index in [1.54, 1.807) is 6.07 Å². The Morgan fingerprint density at radius 3 is 2.88 bits per heavy atom. The first-order valence-electron chi connectivity index (χ1n) is 5.87. The van der Waals surface area contributed by atoms with Crippen LogP contribution in [0.1, 0.15) is 19.4 Å². The van der Waals surface area contributed by atoms with E-state index in [0.717, 1.165) is 18.7 Å². The molecule has 1 aromatic carbocycles. The van der Waals surface area contributed by atoms with Gasteiger partial charge in [0.25, 0.3) is 0 Å². The summed E-state index contributed by atoms with van der Waals surface area (Å²) in [5.74, 6) is -0.0964. The first kappa shape index (κ1) is 11.6. The molecule has 1 N–H and O–H groups in total. The van der Waals surface area contributed by atoms with Crippen molar-refractivity contribution in [1.29, 1.82) is 0 Å². The highest BCUT2D eigenvalue weighted by Gasteiger charge is 2.22. The Morgan fingerprint density at radius 1 is 1.38 bits per heavy atom. The van der Waals surface area contributed by atoms with Gasteiger partial charge in [-0.15, -0.1) is 0 Å². The van der Waals surface area contributed by atoms with Gasteiger partial charge < -0.3 is 5.32 Å². The average Bonchev–Trinajstić information content (AvgIpc) is 2.27. The van der Waals surface area contributed by atoms with Crippen molar-refractivity contribution in [2.24, 2.45) is 0 Å². The van der Waals surface area contributed by atoms with E-state index in [-0.39, 0.29) is 5.82 Å². The van der Waals surface area contributed by atoms with Crippen molar-refractivity contribution in [3.05, 3.63) is 35.6 Å². The second kappa shape index (κ2) is 4.93. The first-order valence-corrected chi connectivity index (χ1v) is 5.87. The van der Waals surface area contributed by atoms with Crippen LogP contribution in [-0.2, 0) is 6.54 Å². The van der Waals surface area contributed by atoms with Crippen molar-refractivity contribution >= 4 is 0 Å².